The Balaban J connectivity index is 2.47. The molecule has 14 heavy (non-hydrogen) atoms. The van der Waals surface area contributed by atoms with Crippen LogP contribution in [0.4, 0.5) is 0 Å². The number of hydrogen-bond donors (Lipinski definition) is 0. The number of ether oxygens (including phenoxy) is 1. The third-order valence-electron chi connectivity index (χ3n) is 2.98. The molecule has 1 fully saturated rings. The standard InChI is InChI=1S/C11H18O3/c1-7-6-10(8(2)12)4-5-11(7)14-9(3)13/h7,10-11H,4-6H2,1-3H3/t7-,10?,11+/m1/s1. The molecule has 0 aromatic carbocycles. The highest BCUT2D eigenvalue weighted by atomic mass is 16.5. The van der Waals surface area contributed by atoms with E-state index >= 15 is 0 Å². The van der Waals surface area contributed by atoms with E-state index in [9.17, 15) is 9.59 Å². The van der Waals surface area contributed by atoms with E-state index in [1.54, 1.807) is 6.92 Å². The Bertz CT molecular complexity index is 235. The van der Waals surface area contributed by atoms with Crippen molar-refractivity contribution in [1.82, 2.24) is 0 Å². The van der Waals surface area contributed by atoms with Gasteiger partial charge in [0.05, 0.1) is 0 Å². The molecular weight excluding hydrogens is 180 g/mol. The zero-order valence-corrected chi connectivity index (χ0v) is 9.08. The zero-order chi connectivity index (χ0) is 10.7. The largest absolute Gasteiger partial charge is 0.462 e. The molecule has 3 atom stereocenters. The molecule has 0 amide bonds. The summed E-state index contributed by atoms with van der Waals surface area (Å²) in [7, 11) is 0. The van der Waals surface area contributed by atoms with Crippen molar-refractivity contribution >= 4 is 11.8 Å². The van der Waals surface area contributed by atoms with Crippen molar-refractivity contribution < 1.29 is 14.3 Å². The van der Waals surface area contributed by atoms with Gasteiger partial charge in [0.1, 0.15) is 11.9 Å². The molecule has 1 unspecified atom stereocenters. The van der Waals surface area contributed by atoms with Crippen molar-refractivity contribution in [2.75, 3.05) is 0 Å². The van der Waals surface area contributed by atoms with Crippen molar-refractivity contribution in [2.24, 2.45) is 11.8 Å². The zero-order valence-electron chi connectivity index (χ0n) is 9.08. The summed E-state index contributed by atoms with van der Waals surface area (Å²) in [6, 6.07) is 0. The summed E-state index contributed by atoms with van der Waals surface area (Å²) < 4.78 is 5.18. The summed E-state index contributed by atoms with van der Waals surface area (Å²) in [5.41, 5.74) is 0. The molecule has 0 aromatic rings. The fourth-order valence-corrected chi connectivity index (χ4v) is 2.13. The topological polar surface area (TPSA) is 43.4 Å². The Morgan fingerprint density at radius 3 is 2.29 bits per heavy atom. The molecule has 0 heterocycles. The van der Waals surface area contributed by atoms with Crippen LogP contribution in [0.1, 0.15) is 40.0 Å². The smallest absolute Gasteiger partial charge is 0.302 e. The highest BCUT2D eigenvalue weighted by Gasteiger charge is 2.31. The molecule has 0 N–H and O–H groups in total. The summed E-state index contributed by atoms with van der Waals surface area (Å²) in [5.74, 6) is 0.527. The van der Waals surface area contributed by atoms with Gasteiger partial charge in [0, 0.05) is 12.8 Å². The van der Waals surface area contributed by atoms with E-state index in [0.717, 1.165) is 19.3 Å². The van der Waals surface area contributed by atoms with Gasteiger partial charge in [-0.3, -0.25) is 9.59 Å². The average molecular weight is 198 g/mol. The first-order chi connectivity index (χ1) is 6.50. The third-order valence-corrected chi connectivity index (χ3v) is 2.98. The van der Waals surface area contributed by atoms with Crippen LogP contribution in [0.25, 0.3) is 0 Å². The molecule has 0 bridgehead atoms. The molecule has 3 heteroatoms. The maximum atomic E-state index is 11.2. The highest BCUT2D eigenvalue weighted by Crippen LogP contribution is 2.31. The Hall–Kier alpha value is -0.860. The van der Waals surface area contributed by atoms with Crippen molar-refractivity contribution in [1.29, 1.82) is 0 Å². The fraction of sp³-hybridized carbons (Fsp3) is 0.818. The molecule has 0 spiro atoms. The highest BCUT2D eigenvalue weighted by molar-refractivity contribution is 5.78. The summed E-state index contributed by atoms with van der Waals surface area (Å²) in [6.07, 6.45) is 2.55. The second kappa shape index (κ2) is 4.58. The second-order valence-electron chi connectivity index (χ2n) is 4.25. The number of Topliss-reactive ketones (excluding diaryl/α,β-unsaturated/α-hetero) is 1. The normalized spacial score (nSPS) is 32.4. The van der Waals surface area contributed by atoms with Crippen LogP contribution >= 0.6 is 0 Å². The summed E-state index contributed by atoms with van der Waals surface area (Å²) in [5, 5.41) is 0. The van der Waals surface area contributed by atoms with Crippen LogP contribution in [0.2, 0.25) is 0 Å². The van der Waals surface area contributed by atoms with Gasteiger partial charge in [-0.2, -0.15) is 0 Å². The Morgan fingerprint density at radius 1 is 1.21 bits per heavy atom. The third kappa shape index (κ3) is 2.82. The number of rotatable bonds is 2. The molecule has 1 aliphatic rings. The van der Waals surface area contributed by atoms with Crippen LogP contribution in [0.3, 0.4) is 0 Å². The fourth-order valence-electron chi connectivity index (χ4n) is 2.13. The van der Waals surface area contributed by atoms with E-state index in [4.69, 9.17) is 4.74 Å². The minimum absolute atomic E-state index is 0.0168. The number of carbonyl (C=O) groups excluding carboxylic acids is 2. The van der Waals surface area contributed by atoms with Crippen LogP contribution in [-0.4, -0.2) is 17.9 Å². The van der Waals surface area contributed by atoms with Crippen LogP contribution in [0, 0.1) is 11.8 Å². The molecule has 3 nitrogen and oxygen atoms in total. The van der Waals surface area contributed by atoms with E-state index in [-0.39, 0.29) is 23.8 Å². The van der Waals surface area contributed by atoms with Crippen LogP contribution in [0.5, 0.6) is 0 Å². The summed E-state index contributed by atoms with van der Waals surface area (Å²) in [4.78, 5) is 21.9. The lowest BCUT2D eigenvalue weighted by Crippen LogP contribution is -2.33. The van der Waals surface area contributed by atoms with Gasteiger partial charge in [0.15, 0.2) is 0 Å². The summed E-state index contributed by atoms with van der Waals surface area (Å²) >= 11 is 0. The lowest BCUT2D eigenvalue weighted by Gasteiger charge is -2.32. The van der Waals surface area contributed by atoms with Crippen molar-refractivity contribution in [3.63, 3.8) is 0 Å². The van der Waals surface area contributed by atoms with Gasteiger partial charge in [-0.25, -0.2) is 0 Å². The molecule has 80 valence electrons. The SMILES string of the molecule is CC(=O)O[C@H]1CCC(C(C)=O)C[C@H]1C. The lowest BCUT2D eigenvalue weighted by molar-refractivity contribution is -0.151. The van der Waals surface area contributed by atoms with Crippen LogP contribution in [0.15, 0.2) is 0 Å². The molecule has 0 aromatic heterocycles. The average Bonchev–Trinajstić information content (AvgIpc) is 2.07. The first kappa shape index (κ1) is 11.2. The lowest BCUT2D eigenvalue weighted by atomic mass is 9.79. The number of esters is 1. The van der Waals surface area contributed by atoms with Gasteiger partial charge in [0.25, 0.3) is 0 Å². The maximum Gasteiger partial charge on any atom is 0.302 e. The first-order valence-electron chi connectivity index (χ1n) is 5.18. The molecule has 1 rings (SSSR count). The van der Waals surface area contributed by atoms with E-state index in [2.05, 4.69) is 0 Å². The van der Waals surface area contributed by atoms with Crippen LogP contribution in [-0.2, 0) is 14.3 Å². The quantitative estimate of drug-likeness (QED) is 0.637. The minimum Gasteiger partial charge on any atom is -0.462 e. The Morgan fingerprint density at radius 2 is 1.86 bits per heavy atom. The van der Waals surface area contributed by atoms with E-state index in [1.165, 1.54) is 6.92 Å². The molecule has 1 aliphatic carbocycles. The monoisotopic (exact) mass is 198 g/mol. The maximum absolute atomic E-state index is 11.2. The van der Waals surface area contributed by atoms with Gasteiger partial charge >= 0.3 is 5.97 Å². The Kier molecular flexibility index (Phi) is 3.67. The van der Waals surface area contributed by atoms with Gasteiger partial charge < -0.3 is 4.74 Å². The van der Waals surface area contributed by atoms with E-state index in [1.807, 2.05) is 6.92 Å². The predicted octanol–water partition coefficient (Wildman–Crippen LogP) is 1.94. The molecule has 0 aliphatic heterocycles. The van der Waals surface area contributed by atoms with Gasteiger partial charge in [-0.1, -0.05) is 6.92 Å². The predicted molar refractivity (Wildman–Crippen MR) is 52.7 cm³/mol. The van der Waals surface area contributed by atoms with Crippen molar-refractivity contribution in [2.45, 2.75) is 46.1 Å². The first-order valence-corrected chi connectivity index (χ1v) is 5.18. The number of hydrogen-bond acceptors (Lipinski definition) is 3. The Labute approximate surface area is 84.8 Å². The minimum atomic E-state index is -0.219. The molecule has 0 saturated heterocycles. The van der Waals surface area contributed by atoms with Gasteiger partial charge in [-0.15, -0.1) is 0 Å². The molecule has 1 saturated carbocycles. The van der Waals surface area contributed by atoms with Crippen molar-refractivity contribution in [3.05, 3.63) is 0 Å². The van der Waals surface area contributed by atoms with E-state index < -0.39 is 0 Å². The molecular formula is C11H18O3. The van der Waals surface area contributed by atoms with Gasteiger partial charge in [0.2, 0.25) is 0 Å². The van der Waals surface area contributed by atoms with Gasteiger partial charge in [-0.05, 0) is 32.1 Å². The van der Waals surface area contributed by atoms with E-state index in [0.29, 0.717) is 5.92 Å². The molecule has 0 radical (unpaired) electrons. The number of carbonyl (C=O) groups is 2. The number of ketones is 1. The van der Waals surface area contributed by atoms with Crippen LogP contribution < -0.4 is 0 Å². The second-order valence-corrected chi connectivity index (χ2v) is 4.25. The van der Waals surface area contributed by atoms with Crippen molar-refractivity contribution in [3.8, 4) is 0 Å². The summed E-state index contributed by atoms with van der Waals surface area (Å²) in [6.45, 7) is 5.12.